The van der Waals surface area contributed by atoms with Gasteiger partial charge in [0.15, 0.2) is 0 Å². The second-order valence-electron chi connectivity index (χ2n) is 3.02. The number of carbonyl (C=O) groups is 2. The van der Waals surface area contributed by atoms with Gasteiger partial charge < -0.3 is 5.11 Å². The van der Waals surface area contributed by atoms with E-state index in [1.807, 2.05) is 0 Å². The van der Waals surface area contributed by atoms with Gasteiger partial charge in [-0.05, 0) is 24.3 Å². The Labute approximate surface area is 90.2 Å². The molecule has 0 unspecified atom stereocenters. The normalized spacial score (nSPS) is 10.0. The average molecular weight is 217 g/mol. The van der Waals surface area contributed by atoms with Crippen LogP contribution in [0.3, 0.4) is 0 Å². The number of nitrogens with zero attached hydrogens (tertiary/aromatic N) is 3. The number of aliphatic carboxylic acids is 1. The highest BCUT2D eigenvalue weighted by Gasteiger charge is 2.13. The van der Waals surface area contributed by atoms with Gasteiger partial charge in [-0.3, -0.25) is 4.79 Å². The van der Waals surface area contributed by atoms with Crippen molar-refractivity contribution >= 4 is 11.8 Å². The number of carbonyl (C=O) groups excluding carboxylic acids is 1. The van der Waals surface area contributed by atoms with Gasteiger partial charge in [-0.25, -0.2) is 14.5 Å². The van der Waals surface area contributed by atoms with Crippen molar-refractivity contribution in [2.75, 3.05) is 0 Å². The summed E-state index contributed by atoms with van der Waals surface area (Å²) in [5.41, 5.74) is 0.843. The number of carboxylic acid groups (broad SMARTS) is 1. The van der Waals surface area contributed by atoms with Crippen LogP contribution in [-0.4, -0.2) is 31.6 Å². The zero-order valence-corrected chi connectivity index (χ0v) is 8.07. The maximum absolute atomic E-state index is 11.1. The fourth-order valence-corrected chi connectivity index (χ4v) is 1.23. The van der Waals surface area contributed by atoms with Crippen molar-refractivity contribution in [1.29, 1.82) is 0 Å². The Morgan fingerprint density at radius 1 is 1.19 bits per heavy atom. The molecule has 80 valence electrons. The van der Waals surface area contributed by atoms with Gasteiger partial charge in [-0.2, -0.15) is 5.10 Å². The van der Waals surface area contributed by atoms with Crippen molar-refractivity contribution in [3.05, 3.63) is 42.5 Å². The first kappa shape index (κ1) is 10.0. The van der Waals surface area contributed by atoms with Crippen molar-refractivity contribution in [3.63, 3.8) is 0 Å². The lowest BCUT2D eigenvalue weighted by molar-refractivity contribution is -0.131. The van der Waals surface area contributed by atoms with Crippen LogP contribution in [0.2, 0.25) is 0 Å². The monoisotopic (exact) mass is 217 g/mol. The summed E-state index contributed by atoms with van der Waals surface area (Å²) in [7, 11) is 0. The highest BCUT2D eigenvalue weighted by atomic mass is 16.4. The van der Waals surface area contributed by atoms with Crippen LogP contribution in [0.25, 0.3) is 5.69 Å². The molecular formula is C10H7N3O3. The summed E-state index contributed by atoms with van der Waals surface area (Å²) >= 11 is 0. The van der Waals surface area contributed by atoms with E-state index in [9.17, 15) is 9.59 Å². The molecule has 1 aromatic heterocycles. The standard InChI is InChI=1S/C10H7N3O3/c14-9(10(15)16)7-1-3-8(4-2-7)13-6-11-5-12-13/h1-6H,(H,15,16). The summed E-state index contributed by atoms with van der Waals surface area (Å²) < 4.78 is 1.51. The molecule has 0 amide bonds. The summed E-state index contributed by atoms with van der Waals surface area (Å²) in [6.45, 7) is 0. The first-order valence-electron chi connectivity index (χ1n) is 4.41. The molecular weight excluding hydrogens is 210 g/mol. The topological polar surface area (TPSA) is 85.1 Å². The molecule has 6 nitrogen and oxygen atoms in total. The Morgan fingerprint density at radius 3 is 2.38 bits per heavy atom. The molecule has 6 heteroatoms. The van der Waals surface area contributed by atoms with E-state index >= 15 is 0 Å². The lowest BCUT2D eigenvalue weighted by Gasteiger charge is -2.00. The number of ketones is 1. The molecule has 0 aliphatic carbocycles. The summed E-state index contributed by atoms with van der Waals surface area (Å²) in [4.78, 5) is 25.3. The zero-order chi connectivity index (χ0) is 11.5. The third-order valence-electron chi connectivity index (χ3n) is 2.01. The highest BCUT2D eigenvalue weighted by molar-refractivity contribution is 6.39. The molecule has 0 atom stereocenters. The molecule has 0 radical (unpaired) electrons. The van der Waals surface area contributed by atoms with Crippen LogP contribution in [0.4, 0.5) is 0 Å². The van der Waals surface area contributed by atoms with Crippen LogP contribution >= 0.6 is 0 Å². The smallest absolute Gasteiger partial charge is 0.377 e. The van der Waals surface area contributed by atoms with Gasteiger partial charge in [0, 0.05) is 5.56 Å². The Morgan fingerprint density at radius 2 is 1.88 bits per heavy atom. The van der Waals surface area contributed by atoms with Crippen LogP contribution in [0, 0.1) is 0 Å². The van der Waals surface area contributed by atoms with Crippen LogP contribution in [0.15, 0.2) is 36.9 Å². The molecule has 1 N–H and O–H groups in total. The molecule has 0 saturated carbocycles. The number of aromatic nitrogens is 3. The van der Waals surface area contributed by atoms with E-state index in [1.54, 1.807) is 12.1 Å². The second-order valence-corrected chi connectivity index (χ2v) is 3.02. The fourth-order valence-electron chi connectivity index (χ4n) is 1.23. The van der Waals surface area contributed by atoms with Gasteiger partial charge in [0.2, 0.25) is 0 Å². The van der Waals surface area contributed by atoms with Crippen LogP contribution in [0.1, 0.15) is 10.4 Å². The molecule has 16 heavy (non-hydrogen) atoms. The summed E-state index contributed by atoms with van der Waals surface area (Å²) in [5, 5.41) is 12.4. The zero-order valence-electron chi connectivity index (χ0n) is 8.07. The summed E-state index contributed by atoms with van der Waals surface area (Å²) in [6, 6.07) is 6.08. The van der Waals surface area contributed by atoms with E-state index in [1.165, 1.54) is 29.5 Å². The summed E-state index contributed by atoms with van der Waals surface area (Å²) in [6.07, 6.45) is 2.89. The van der Waals surface area contributed by atoms with Gasteiger partial charge in [0.1, 0.15) is 12.7 Å². The molecule has 1 heterocycles. The number of benzene rings is 1. The Hall–Kier alpha value is -2.50. The first-order valence-corrected chi connectivity index (χ1v) is 4.41. The molecule has 0 bridgehead atoms. The molecule has 0 fully saturated rings. The molecule has 2 aromatic rings. The number of hydrogen-bond acceptors (Lipinski definition) is 4. The number of hydrogen-bond donors (Lipinski definition) is 1. The number of Topliss-reactive ketones (excluding diaryl/α,β-unsaturated/α-hetero) is 1. The molecule has 0 spiro atoms. The fraction of sp³-hybridized carbons (Fsp3) is 0. The summed E-state index contributed by atoms with van der Waals surface area (Å²) in [5.74, 6) is -2.39. The van der Waals surface area contributed by atoms with Gasteiger partial charge in [0.05, 0.1) is 5.69 Å². The first-order chi connectivity index (χ1) is 7.68. The third kappa shape index (κ3) is 1.81. The molecule has 0 aliphatic rings. The van der Waals surface area contributed by atoms with Gasteiger partial charge in [-0.15, -0.1) is 0 Å². The maximum Gasteiger partial charge on any atom is 0.377 e. The lowest BCUT2D eigenvalue weighted by Crippen LogP contribution is -2.12. The van der Waals surface area contributed by atoms with Crippen molar-refractivity contribution in [2.24, 2.45) is 0 Å². The SMILES string of the molecule is O=C(O)C(=O)c1ccc(-n2cncn2)cc1. The highest BCUT2D eigenvalue weighted by Crippen LogP contribution is 2.08. The Bertz CT molecular complexity index is 517. The molecule has 0 aliphatic heterocycles. The van der Waals surface area contributed by atoms with E-state index in [0.717, 1.165) is 0 Å². The van der Waals surface area contributed by atoms with Crippen molar-refractivity contribution in [3.8, 4) is 5.69 Å². The second kappa shape index (κ2) is 3.93. The number of carboxylic acids is 1. The minimum atomic E-state index is -1.46. The van der Waals surface area contributed by atoms with Crippen LogP contribution in [0.5, 0.6) is 0 Å². The van der Waals surface area contributed by atoms with Crippen LogP contribution in [-0.2, 0) is 4.79 Å². The van der Waals surface area contributed by atoms with E-state index < -0.39 is 11.8 Å². The Kier molecular flexibility index (Phi) is 2.47. The van der Waals surface area contributed by atoms with Crippen molar-refractivity contribution in [2.45, 2.75) is 0 Å². The minimum Gasteiger partial charge on any atom is -0.475 e. The van der Waals surface area contributed by atoms with Crippen LogP contribution < -0.4 is 0 Å². The maximum atomic E-state index is 11.1. The van der Waals surface area contributed by atoms with Gasteiger partial charge in [-0.1, -0.05) is 0 Å². The predicted molar refractivity (Wildman–Crippen MR) is 53.3 cm³/mol. The van der Waals surface area contributed by atoms with E-state index in [2.05, 4.69) is 10.1 Å². The Balaban J connectivity index is 2.30. The average Bonchev–Trinajstić information content (AvgIpc) is 2.81. The van der Waals surface area contributed by atoms with E-state index in [-0.39, 0.29) is 5.56 Å². The van der Waals surface area contributed by atoms with E-state index in [4.69, 9.17) is 5.11 Å². The molecule has 1 aromatic carbocycles. The number of rotatable bonds is 3. The minimum absolute atomic E-state index is 0.136. The molecule has 0 saturated heterocycles. The lowest BCUT2D eigenvalue weighted by atomic mass is 10.1. The van der Waals surface area contributed by atoms with Crippen molar-refractivity contribution < 1.29 is 14.7 Å². The van der Waals surface area contributed by atoms with Gasteiger partial charge in [0.25, 0.3) is 5.78 Å². The predicted octanol–water partition coefficient (Wildman–Crippen LogP) is 0.535. The third-order valence-corrected chi connectivity index (χ3v) is 2.01. The van der Waals surface area contributed by atoms with Crippen molar-refractivity contribution in [1.82, 2.24) is 14.8 Å². The largest absolute Gasteiger partial charge is 0.475 e. The van der Waals surface area contributed by atoms with Gasteiger partial charge >= 0.3 is 5.97 Å². The van der Waals surface area contributed by atoms with E-state index in [0.29, 0.717) is 5.69 Å². The molecule has 2 rings (SSSR count). The quantitative estimate of drug-likeness (QED) is 0.598.